The SMILES string of the molecule is CCn1c(SCC(=O)NC(C)CCC(C)C)nnc1-c1ccccc1C. The minimum absolute atomic E-state index is 0.0503. The average molecular weight is 375 g/mol. The van der Waals surface area contributed by atoms with Gasteiger partial charge in [0.15, 0.2) is 11.0 Å². The van der Waals surface area contributed by atoms with Gasteiger partial charge < -0.3 is 9.88 Å². The summed E-state index contributed by atoms with van der Waals surface area (Å²) < 4.78 is 2.07. The largest absolute Gasteiger partial charge is 0.353 e. The van der Waals surface area contributed by atoms with Crippen molar-refractivity contribution in [3.63, 3.8) is 0 Å². The van der Waals surface area contributed by atoms with E-state index in [0.29, 0.717) is 11.7 Å². The third-order valence-corrected chi connectivity index (χ3v) is 5.30. The Bertz CT molecular complexity index is 726. The Kier molecular flexibility index (Phi) is 7.69. The van der Waals surface area contributed by atoms with Gasteiger partial charge in [0.25, 0.3) is 0 Å². The molecule has 6 heteroatoms. The number of amides is 1. The summed E-state index contributed by atoms with van der Waals surface area (Å²) in [7, 11) is 0. The Morgan fingerprint density at radius 1 is 1.19 bits per heavy atom. The predicted octanol–water partition coefficient (Wildman–Crippen LogP) is 4.31. The molecule has 0 bridgehead atoms. The number of carbonyl (C=O) groups is 1. The first-order valence-corrected chi connectivity index (χ1v) is 10.3. The number of benzene rings is 1. The maximum atomic E-state index is 12.2. The highest BCUT2D eigenvalue weighted by Crippen LogP contribution is 2.26. The summed E-state index contributed by atoms with van der Waals surface area (Å²) in [5.41, 5.74) is 2.25. The van der Waals surface area contributed by atoms with Gasteiger partial charge in [-0.1, -0.05) is 49.9 Å². The van der Waals surface area contributed by atoms with Crippen LogP contribution in [0.5, 0.6) is 0 Å². The summed E-state index contributed by atoms with van der Waals surface area (Å²) in [6.45, 7) is 11.4. The Morgan fingerprint density at radius 2 is 1.92 bits per heavy atom. The van der Waals surface area contributed by atoms with Gasteiger partial charge in [-0.05, 0) is 45.1 Å². The molecule has 0 aliphatic heterocycles. The Hall–Kier alpha value is -1.82. The van der Waals surface area contributed by atoms with Gasteiger partial charge >= 0.3 is 0 Å². The second-order valence-electron chi connectivity index (χ2n) is 7.09. The van der Waals surface area contributed by atoms with Gasteiger partial charge in [-0.15, -0.1) is 10.2 Å². The zero-order chi connectivity index (χ0) is 19.1. The highest BCUT2D eigenvalue weighted by atomic mass is 32.2. The number of carbonyl (C=O) groups excluding carboxylic acids is 1. The van der Waals surface area contributed by atoms with Crippen LogP contribution in [0.3, 0.4) is 0 Å². The quantitative estimate of drug-likeness (QED) is 0.665. The molecule has 1 atom stereocenters. The molecule has 2 aromatic rings. The number of aromatic nitrogens is 3. The summed E-state index contributed by atoms with van der Waals surface area (Å²) in [6, 6.07) is 8.37. The summed E-state index contributed by atoms with van der Waals surface area (Å²) in [5, 5.41) is 12.5. The van der Waals surface area contributed by atoms with Crippen LogP contribution in [0.25, 0.3) is 11.4 Å². The third kappa shape index (κ3) is 5.59. The molecular formula is C20H30N4OS. The lowest BCUT2D eigenvalue weighted by Crippen LogP contribution is -2.34. The van der Waals surface area contributed by atoms with Crippen molar-refractivity contribution in [2.75, 3.05) is 5.75 Å². The van der Waals surface area contributed by atoms with Crippen LogP contribution in [0.15, 0.2) is 29.4 Å². The van der Waals surface area contributed by atoms with E-state index in [9.17, 15) is 4.79 Å². The van der Waals surface area contributed by atoms with Gasteiger partial charge in [0.2, 0.25) is 5.91 Å². The van der Waals surface area contributed by atoms with Crippen LogP contribution in [-0.4, -0.2) is 32.5 Å². The molecule has 0 fully saturated rings. The molecule has 0 aliphatic rings. The minimum Gasteiger partial charge on any atom is -0.353 e. The number of nitrogens with one attached hydrogen (secondary N) is 1. The van der Waals surface area contributed by atoms with E-state index in [0.717, 1.165) is 35.9 Å². The zero-order valence-electron chi connectivity index (χ0n) is 16.5. The van der Waals surface area contributed by atoms with Crippen LogP contribution >= 0.6 is 11.8 Å². The number of nitrogens with zero attached hydrogens (tertiary/aromatic N) is 3. The maximum absolute atomic E-state index is 12.2. The lowest BCUT2D eigenvalue weighted by molar-refractivity contribution is -0.119. The van der Waals surface area contributed by atoms with E-state index in [1.165, 1.54) is 17.3 Å². The average Bonchev–Trinajstić information content (AvgIpc) is 3.01. The molecule has 26 heavy (non-hydrogen) atoms. The van der Waals surface area contributed by atoms with Gasteiger partial charge in [0, 0.05) is 18.2 Å². The van der Waals surface area contributed by atoms with Gasteiger partial charge in [-0.25, -0.2) is 0 Å². The van der Waals surface area contributed by atoms with Gasteiger partial charge in [0.1, 0.15) is 0 Å². The number of hydrogen-bond donors (Lipinski definition) is 1. The summed E-state index contributed by atoms with van der Waals surface area (Å²) in [4.78, 5) is 12.2. The van der Waals surface area contributed by atoms with Gasteiger partial charge in [-0.2, -0.15) is 0 Å². The third-order valence-electron chi connectivity index (χ3n) is 4.34. The normalized spacial score (nSPS) is 12.4. The van der Waals surface area contributed by atoms with Crippen LogP contribution in [0.1, 0.15) is 46.1 Å². The van der Waals surface area contributed by atoms with Crippen molar-refractivity contribution in [1.29, 1.82) is 0 Å². The lowest BCUT2D eigenvalue weighted by atomic mass is 10.0. The monoisotopic (exact) mass is 374 g/mol. The Morgan fingerprint density at radius 3 is 2.58 bits per heavy atom. The van der Waals surface area contributed by atoms with E-state index in [-0.39, 0.29) is 11.9 Å². The minimum atomic E-state index is 0.0503. The smallest absolute Gasteiger partial charge is 0.230 e. The van der Waals surface area contributed by atoms with E-state index in [2.05, 4.69) is 66.8 Å². The molecule has 0 spiro atoms. The standard InChI is InChI=1S/C20H30N4OS/c1-6-24-19(17-10-8-7-9-15(17)4)22-23-20(24)26-13-18(25)21-16(5)12-11-14(2)3/h7-10,14,16H,6,11-13H2,1-5H3,(H,21,25). The van der Waals surface area contributed by atoms with Crippen LogP contribution < -0.4 is 5.32 Å². The molecule has 5 nitrogen and oxygen atoms in total. The molecule has 0 aliphatic carbocycles. The molecule has 0 saturated carbocycles. The molecule has 1 amide bonds. The van der Waals surface area contributed by atoms with Gasteiger partial charge in [-0.3, -0.25) is 4.79 Å². The van der Waals surface area contributed by atoms with Crippen molar-refractivity contribution in [2.24, 2.45) is 5.92 Å². The van der Waals surface area contributed by atoms with E-state index >= 15 is 0 Å². The molecule has 1 N–H and O–H groups in total. The molecule has 1 heterocycles. The fourth-order valence-electron chi connectivity index (χ4n) is 2.81. The fraction of sp³-hybridized carbons (Fsp3) is 0.550. The van der Waals surface area contributed by atoms with Crippen molar-refractivity contribution in [3.05, 3.63) is 29.8 Å². The van der Waals surface area contributed by atoms with E-state index in [1.54, 1.807) is 0 Å². The summed E-state index contributed by atoms with van der Waals surface area (Å²) in [5.74, 6) is 1.93. The van der Waals surface area contributed by atoms with E-state index < -0.39 is 0 Å². The highest BCUT2D eigenvalue weighted by molar-refractivity contribution is 7.99. The van der Waals surface area contributed by atoms with Crippen molar-refractivity contribution >= 4 is 17.7 Å². The molecule has 1 aromatic heterocycles. The first-order chi connectivity index (χ1) is 12.4. The maximum Gasteiger partial charge on any atom is 0.230 e. The van der Waals surface area contributed by atoms with Crippen molar-refractivity contribution in [3.8, 4) is 11.4 Å². The van der Waals surface area contributed by atoms with Crippen molar-refractivity contribution < 1.29 is 4.79 Å². The number of thioether (sulfide) groups is 1. The highest BCUT2D eigenvalue weighted by Gasteiger charge is 2.16. The second kappa shape index (κ2) is 9.76. The molecule has 1 aromatic carbocycles. The van der Waals surface area contributed by atoms with Crippen molar-refractivity contribution in [2.45, 2.75) is 65.2 Å². The first-order valence-electron chi connectivity index (χ1n) is 9.33. The fourth-order valence-corrected chi connectivity index (χ4v) is 3.62. The lowest BCUT2D eigenvalue weighted by Gasteiger charge is -2.15. The van der Waals surface area contributed by atoms with Crippen LogP contribution in [0, 0.1) is 12.8 Å². The Balaban J connectivity index is 1.98. The topological polar surface area (TPSA) is 59.8 Å². The summed E-state index contributed by atoms with van der Waals surface area (Å²) >= 11 is 1.44. The number of aryl methyl sites for hydroxylation is 1. The van der Waals surface area contributed by atoms with Gasteiger partial charge in [0.05, 0.1) is 5.75 Å². The molecule has 142 valence electrons. The molecule has 0 radical (unpaired) electrons. The zero-order valence-corrected chi connectivity index (χ0v) is 17.3. The second-order valence-corrected chi connectivity index (χ2v) is 8.04. The van der Waals surface area contributed by atoms with E-state index in [1.807, 2.05) is 12.1 Å². The first kappa shape index (κ1) is 20.5. The molecular weight excluding hydrogens is 344 g/mol. The number of rotatable bonds is 9. The van der Waals surface area contributed by atoms with Crippen LogP contribution in [-0.2, 0) is 11.3 Å². The predicted molar refractivity (Wildman–Crippen MR) is 108 cm³/mol. The molecule has 2 rings (SSSR count). The molecule has 0 saturated heterocycles. The number of hydrogen-bond acceptors (Lipinski definition) is 4. The van der Waals surface area contributed by atoms with Crippen LogP contribution in [0.4, 0.5) is 0 Å². The summed E-state index contributed by atoms with van der Waals surface area (Å²) in [6.07, 6.45) is 2.13. The molecule has 1 unspecified atom stereocenters. The van der Waals surface area contributed by atoms with Crippen molar-refractivity contribution in [1.82, 2.24) is 20.1 Å². The Labute approximate surface area is 161 Å². The van der Waals surface area contributed by atoms with Crippen LogP contribution in [0.2, 0.25) is 0 Å². The van der Waals surface area contributed by atoms with E-state index in [4.69, 9.17) is 0 Å².